The van der Waals surface area contributed by atoms with Crippen LogP contribution in [0.25, 0.3) is 0 Å². The molecule has 0 aliphatic heterocycles. The van der Waals surface area contributed by atoms with Gasteiger partial charge in [0.05, 0.1) is 0 Å². The standard InChI is InChI=1S/C53H90O6/c1-4-7-10-13-16-19-22-24-26-27-29-31-34-37-40-43-46-52(55)58-49-50(48-57-51(54)45-42-39-36-33-30-21-18-15-12-9-6-3)59-53(56)47-44-41-38-35-32-28-25-23-20-17-14-11-8-5-2/h7-8,10-11,16-17,19-20,24,26,29,31,50H,4-6,9,12-15,18,21-23,25,27-28,30,32-49H2,1-3H3/b10-7-,11-8-,19-16-,20-17-,26-24-,31-29-. The predicted molar refractivity (Wildman–Crippen MR) is 251 cm³/mol. The average Bonchev–Trinajstić information content (AvgIpc) is 3.23. The maximum absolute atomic E-state index is 12.8. The van der Waals surface area contributed by atoms with E-state index < -0.39 is 6.10 Å². The Hall–Kier alpha value is -3.15. The van der Waals surface area contributed by atoms with E-state index in [1.165, 1.54) is 77.0 Å². The molecule has 59 heavy (non-hydrogen) atoms. The molecule has 0 saturated carbocycles. The fourth-order valence-electron chi connectivity index (χ4n) is 6.59. The smallest absolute Gasteiger partial charge is 0.306 e. The van der Waals surface area contributed by atoms with Crippen LogP contribution in [0.4, 0.5) is 0 Å². The van der Waals surface area contributed by atoms with Gasteiger partial charge < -0.3 is 14.2 Å². The topological polar surface area (TPSA) is 78.9 Å². The van der Waals surface area contributed by atoms with Crippen molar-refractivity contribution in [1.29, 1.82) is 0 Å². The second-order valence-electron chi connectivity index (χ2n) is 16.0. The Kier molecular flexibility index (Phi) is 45.0. The van der Waals surface area contributed by atoms with Gasteiger partial charge in [0.15, 0.2) is 6.10 Å². The second-order valence-corrected chi connectivity index (χ2v) is 16.0. The van der Waals surface area contributed by atoms with Crippen molar-refractivity contribution in [1.82, 2.24) is 0 Å². The third-order valence-electron chi connectivity index (χ3n) is 10.2. The highest BCUT2D eigenvalue weighted by atomic mass is 16.6. The summed E-state index contributed by atoms with van der Waals surface area (Å²) in [5, 5.41) is 0. The molecule has 1 unspecified atom stereocenters. The van der Waals surface area contributed by atoms with Gasteiger partial charge in [0, 0.05) is 19.3 Å². The molecule has 0 spiro atoms. The SMILES string of the molecule is CC/C=C\C/C=C\C/C=C\C/C=C\CCCCCC(=O)OCC(COC(=O)CCCCCCCCCCCCC)OC(=O)CCCCCCCCC/C=C\C/C=C\CC. The number of carbonyl (C=O) groups is 3. The molecule has 0 radical (unpaired) electrons. The zero-order valence-electron chi connectivity index (χ0n) is 38.5. The number of unbranched alkanes of at least 4 members (excludes halogenated alkanes) is 20. The lowest BCUT2D eigenvalue weighted by molar-refractivity contribution is -0.167. The summed E-state index contributed by atoms with van der Waals surface area (Å²) in [5.41, 5.74) is 0. The summed E-state index contributed by atoms with van der Waals surface area (Å²) in [6.45, 7) is 6.37. The van der Waals surface area contributed by atoms with Crippen LogP contribution in [-0.2, 0) is 28.6 Å². The third-order valence-corrected chi connectivity index (χ3v) is 10.2. The normalized spacial score (nSPS) is 12.7. The lowest BCUT2D eigenvalue weighted by Crippen LogP contribution is -2.30. The highest BCUT2D eigenvalue weighted by Crippen LogP contribution is 2.14. The molecule has 1 atom stereocenters. The number of esters is 3. The van der Waals surface area contributed by atoms with Crippen LogP contribution in [0.1, 0.15) is 226 Å². The molecule has 0 amide bonds. The Labute approximate surface area is 363 Å². The fraction of sp³-hybridized carbons (Fsp3) is 0.717. The summed E-state index contributed by atoms with van der Waals surface area (Å²) in [6.07, 6.45) is 58.8. The van der Waals surface area contributed by atoms with Crippen molar-refractivity contribution in [3.05, 3.63) is 72.9 Å². The number of carbonyl (C=O) groups excluding carboxylic acids is 3. The fourth-order valence-corrected chi connectivity index (χ4v) is 6.59. The number of hydrogen-bond acceptors (Lipinski definition) is 6. The summed E-state index contributed by atoms with van der Waals surface area (Å²) < 4.78 is 16.7. The molecule has 0 aromatic rings. The van der Waals surface area contributed by atoms with Gasteiger partial charge in [0.1, 0.15) is 13.2 Å². The van der Waals surface area contributed by atoms with Crippen molar-refractivity contribution < 1.29 is 28.6 Å². The summed E-state index contributed by atoms with van der Waals surface area (Å²) in [4.78, 5) is 37.9. The first-order chi connectivity index (χ1) is 29.0. The Morgan fingerprint density at radius 2 is 0.661 bits per heavy atom. The minimum Gasteiger partial charge on any atom is -0.462 e. The van der Waals surface area contributed by atoms with Crippen molar-refractivity contribution in [3.8, 4) is 0 Å². The average molecular weight is 823 g/mol. The molecule has 6 heteroatoms. The molecular weight excluding hydrogens is 733 g/mol. The lowest BCUT2D eigenvalue weighted by Gasteiger charge is -2.18. The van der Waals surface area contributed by atoms with E-state index in [9.17, 15) is 14.4 Å². The van der Waals surface area contributed by atoms with E-state index in [1.807, 2.05) is 0 Å². The van der Waals surface area contributed by atoms with Crippen molar-refractivity contribution in [2.45, 2.75) is 232 Å². The maximum atomic E-state index is 12.8. The molecule has 0 aromatic carbocycles. The number of allylic oxidation sites excluding steroid dienone is 12. The lowest BCUT2D eigenvalue weighted by atomic mass is 10.1. The van der Waals surface area contributed by atoms with Crippen molar-refractivity contribution in [3.63, 3.8) is 0 Å². The van der Waals surface area contributed by atoms with Crippen molar-refractivity contribution in [2.75, 3.05) is 13.2 Å². The Balaban J connectivity index is 4.44. The van der Waals surface area contributed by atoms with E-state index >= 15 is 0 Å². The maximum Gasteiger partial charge on any atom is 0.306 e. The molecule has 0 bridgehead atoms. The van der Waals surface area contributed by atoms with Crippen LogP contribution in [0.3, 0.4) is 0 Å². The van der Waals surface area contributed by atoms with Gasteiger partial charge in [-0.2, -0.15) is 0 Å². The Morgan fingerprint density at radius 3 is 1.05 bits per heavy atom. The van der Waals surface area contributed by atoms with Gasteiger partial charge in [0.2, 0.25) is 0 Å². The summed E-state index contributed by atoms with van der Waals surface area (Å²) in [7, 11) is 0. The number of ether oxygens (including phenoxy) is 3. The summed E-state index contributed by atoms with van der Waals surface area (Å²) >= 11 is 0. The van der Waals surface area contributed by atoms with Crippen LogP contribution in [0.15, 0.2) is 72.9 Å². The zero-order valence-corrected chi connectivity index (χ0v) is 38.5. The largest absolute Gasteiger partial charge is 0.462 e. The molecule has 0 aromatic heterocycles. The van der Waals surface area contributed by atoms with Gasteiger partial charge in [0.25, 0.3) is 0 Å². The van der Waals surface area contributed by atoms with Gasteiger partial charge in [-0.05, 0) is 83.5 Å². The molecule has 6 nitrogen and oxygen atoms in total. The highest BCUT2D eigenvalue weighted by molar-refractivity contribution is 5.71. The Morgan fingerprint density at radius 1 is 0.356 bits per heavy atom. The van der Waals surface area contributed by atoms with E-state index in [4.69, 9.17) is 14.2 Å². The van der Waals surface area contributed by atoms with E-state index in [-0.39, 0.29) is 31.1 Å². The van der Waals surface area contributed by atoms with E-state index in [0.717, 1.165) is 109 Å². The molecule has 0 heterocycles. The van der Waals surface area contributed by atoms with E-state index in [1.54, 1.807) is 0 Å². The minimum absolute atomic E-state index is 0.0879. The molecular formula is C53H90O6. The minimum atomic E-state index is -0.789. The first-order valence-corrected chi connectivity index (χ1v) is 24.4. The number of rotatable bonds is 43. The summed E-state index contributed by atoms with van der Waals surface area (Å²) in [6, 6.07) is 0. The molecule has 0 N–H and O–H groups in total. The molecule has 0 aliphatic rings. The second kappa shape index (κ2) is 47.5. The van der Waals surface area contributed by atoms with Crippen molar-refractivity contribution in [2.24, 2.45) is 0 Å². The first kappa shape index (κ1) is 55.9. The molecule has 338 valence electrons. The Bertz CT molecular complexity index is 1130. The van der Waals surface area contributed by atoms with Gasteiger partial charge in [-0.3, -0.25) is 14.4 Å². The molecule has 0 rings (SSSR count). The van der Waals surface area contributed by atoms with Gasteiger partial charge >= 0.3 is 17.9 Å². The van der Waals surface area contributed by atoms with Gasteiger partial charge in [-0.25, -0.2) is 0 Å². The van der Waals surface area contributed by atoms with Crippen LogP contribution < -0.4 is 0 Å². The van der Waals surface area contributed by atoms with Gasteiger partial charge in [-0.1, -0.05) is 196 Å². The highest BCUT2D eigenvalue weighted by Gasteiger charge is 2.19. The van der Waals surface area contributed by atoms with Crippen LogP contribution in [0.2, 0.25) is 0 Å². The number of hydrogen-bond donors (Lipinski definition) is 0. The predicted octanol–water partition coefficient (Wildman–Crippen LogP) is 15.9. The monoisotopic (exact) mass is 823 g/mol. The van der Waals surface area contributed by atoms with Crippen LogP contribution in [-0.4, -0.2) is 37.2 Å². The van der Waals surface area contributed by atoms with Crippen LogP contribution in [0, 0.1) is 0 Å². The van der Waals surface area contributed by atoms with Crippen molar-refractivity contribution >= 4 is 17.9 Å². The quantitative estimate of drug-likeness (QED) is 0.0264. The molecule has 0 saturated heterocycles. The first-order valence-electron chi connectivity index (χ1n) is 24.4. The molecule has 0 aliphatic carbocycles. The van der Waals surface area contributed by atoms with E-state index in [0.29, 0.717) is 19.3 Å². The summed E-state index contributed by atoms with van der Waals surface area (Å²) in [5.74, 6) is -0.930. The van der Waals surface area contributed by atoms with Crippen LogP contribution >= 0.6 is 0 Å². The van der Waals surface area contributed by atoms with Crippen LogP contribution in [0.5, 0.6) is 0 Å². The molecule has 0 fully saturated rings. The third kappa shape index (κ3) is 45.8. The van der Waals surface area contributed by atoms with Gasteiger partial charge in [-0.15, -0.1) is 0 Å². The zero-order chi connectivity index (χ0) is 43.0. The van der Waals surface area contributed by atoms with E-state index in [2.05, 4.69) is 93.7 Å².